The minimum atomic E-state index is -4.72. The Morgan fingerprint density at radius 2 is 1.96 bits per heavy atom. The summed E-state index contributed by atoms with van der Waals surface area (Å²) in [5.41, 5.74) is -1.57. The molecule has 0 saturated carbocycles. The highest BCUT2D eigenvalue weighted by atomic mass is 32.2. The van der Waals surface area contributed by atoms with E-state index in [0.29, 0.717) is 12.1 Å². The normalized spacial score (nSPS) is 12.2. The maximum absolute atomic E-state index is 12.7. The third-order valence-electron chi connectivity index (χ3n) is 2.89. The fraction of sp³-hybridized carbons (Fsp3) is 0.250. The molecule has 0 fully saturated rings. The molecule has 0 bridgehead atoms. The number of benzene rings is 1. The van der Waals surface area contributed by atoms with E-state index in [4.69, 9.17) is 0 Å². The molecule has 0 atom stereocenters. The Balaban J connectivity index is 2.50. The quantitative estimate of drug-likeness (QED) is 0.907. The standard InChI is InChI=1S/C12H11F3N4O3S/c1-19-6-16-18-11(19)17-10(20)8-4-3-7(12(13,14)15)5-9(8)23(2,21)22/h3-6H,1-2H3,(H,17,18,20). The molecule has 11 heteroatoms. The molecule has 1 amide bonds. The van der Waals surface area contributed by atoms with Gasteiger partial charge in [-0.1, -0.05) is 0 Å². The number of nitrogens with zero attached hydrogens (tertiary/aromatic N) is 3. The van der Waals surface area contributed by atoms with Crippen LogP contribution in [0.5, 0.6) is 0 Å². The first-order valence-corrected chi connectivity index (χ1v) is 7.96. The number of rotatable bonds is 3. The second-order valence-electron chi connectivity index (χ2n) is 4.70. The summed E-state index contributed by atoms with van der Waals surface area (Å²) >= 11 is 0. The zero-order valence-corrected chi connectivity index (χ0v) is 12.7. The molecule has 1 N–H and O–H groups in total. The first-order valence-electron chi connectivity index (χ1n) is 6.07. The van der Waals surface area contributed by atoms with Crippen LogP contribution in [-0.2, 0) is 23.1 Å². The predicted octanol–water partition coefficient (Wildman–Crippen LogP) is 1.49. The minimum absolute atomic E-state index is 0.0225. The van der Waals surface area contributed by atoms with E-state index in [1.807, 2.05) is 0 Å². The van der Waals surface area contributed by atoms with Crippen LogP contribution in [0.4, 0.5) is 19.1 Å². The van der Waals surface area contributed by atoms with E-state index >= 15 is 0 Å². The van der Waals surface area contributed by atoms with E-state index in [0.717, 1.165) is 12.3 Å². The predicted molar refractivity (Wildman–Crippen MR) is 73.5 cm³/mol. The average Bonchev–Trinajstić information content (AvgIpc) is 2.81. The number of carbonyl (C=O) groups excluding carboxylic acids is 1. The lowest BCUT2D eigenvalue weighted by Gasteiger charge is -2.12. The Bertz CT molecular complexity index is 859. The van der Waals surface area contributed by atoms with E-state index in [1.165, 1.54) is 17.9 Å². The minimum Gasteiger partial charge on any atom is -0.303 e. The van der Waals surface area contributed by atoms with Crippen LogP contribution in [0.15, 0.2) is 29.4 Å². The number of hydrogen-bond acceptors (Lipinski definition) is 5. The number of sulfone groups is 1. The Labute approximate surface area is 129 Å². The zero-order chi connectivity index (χ0) is 17.4. The second kappa shape index (κ2) is 5.65. The Morgan fingerprint density at radius 1 is 1.30 bits per heavy atom. The fourth-order valence-electron chi connectivity index (χ4n) is 1.76. The van der Waals surface area contributed by atoms with Crippen molar-refractivity contribution < 1.29 is 26.4 Å². The van der Waals surface area contributed by atoms with Crippen LogP contribution in [0.25, 0.3) is 0 Å². The molecule has 1 aromatic carbocycles. The molecule has 0 spiro atoms. The number of aryl methyl sites for hydroxylation is 1. The summed E-state index contributed by atoms with van der Waals surface area (Å²) in [5, 5.41) is 9.38. The maximum atomic E-state index is 12.7. The molecule has 2 aromatic rings. The summed E-state index contributed by atoms with van der Waals surface area (Å²) in [7, 11) is -2.53. The molecule has 1 heterocycles. The first kappa shape index (κ1) is 16.9. The number of halogens is 3. The van der Waals surface area contributed by atoms with E-state index in [1.54, 1.807) is 0 Å². The van der Waals surface area contributed by atoms with Crippen LogP contribution in [0, 0.1) is 0 Å². The van der Waals surface area contributed by atoms with Crippen molar-refractivity contribution in [2.24, 2.45) is 7.05 Å². The highest BCUT2D eigenvalue weighted by Gasteiger charge is 2.33. The first-order chi connectivity index (χ1) is 10.5. The second-order valence-corrected chi connectivity index (χ2v) is 6.68. The summed E-state index contributed by atoms with van der Waals surface area (Å²) in [5.74, 6) is -0.885. The largest absolute Gasteiger partial charge is 0.416 e. The molecule has 23 heavy (non-hydrogen) atoms. The summed E-state index contributed by atoms with van der Waals surface area (Å²) in [6.07, 6.45) is -2.71. The molecular formula is C12H11F3N4O3S. The number of amides is 1. The van der Waals surface area contributed by atoms with Crippen molar-refractivity contribution in [1.82, 2.24) is 14.8 Å². The number of anilines is 1. The van der Waals surface area contributed by atoms with Crippen molar-refractivity contribution in [3.63, 3.8) is 0 Å². The van der Waals surface area contributed by atoms with Gasteiger partial charge in [-0.2, -0.15) is 13.2 Å². The molecule has 0 radical (unpaired) electrons. The smallest absolute Gasteiger partial charge is 0.303 e. The van der Waals surface area contributed by atoms with Gasteiger partial charge in [-0.05, 0) is 18.2 Å². The molecule has 0 unspecified atom stereocenters. The highest BCUT2D eigenvalue weighted by Crippen LogP contribution is 2.32. The van der Waals surface area contributed by atoms with Crippen molar-refractivity contribution in [3.8, 4) is 0 Å². The number of aromatic nitrogens is 3. The Hall–Kier alpha value is -2.43. The molecule has 0 aliphatic heterocycles. The van der Waals surface area contributed by atoms with Gasteiger partial charge >= 0.3 is 6.18 Å². The molecule has 1 aromatic heterocycles. The summed E-state index contributed by atoms with van der Waals surface area (Å²) in [4.78, 5) is 11.4. The van der Waals surface area contributed by atoms with E-state index in [2.05, 4.69) is 15.5 Å². The van der Waals surface area contributed by atoms with Gasteiger partial charge in [0, 0.05) is 13.3 Å². The topological polar surface area (TPSA) is 93.9 Å². The Morgan fingerprint density at radius 3 is 2.43 bits per heavy atom. The lowest BCUT2D eigenvalue weighted by Crippen LogP contribution is -2.19. The monoisotopic (exact) mass is 348 g/mol. The van der Waals surface area contributed by atoms with Crippen LogP contribution in [0.3, 0.4) is 0 Å². The highest BCUT2D eigenvalue weighted by molar-refractivity contribution is 7.90. The molecule has 124 valence electrons. The van der Waals surface area contributed by atoms with Gasteiger partial charge in [0.2, 0.25) is 5.95 Å². The van der Waals surface area contributed by atoms with Gasteiger partial charge in [-0.3, -0.25) is 10.1 Å². The number of hydrogen-bond donors (Lipinski definition) is 1. The van der Waals surface area contributed by atoms with Crippen LogP contribution < -0.4 is 5.32 Å². The molecule has 0 aliphatic rings. The molecule has 2 rings (SSSR count). The lowest BCUT2D eigenvalue weighted by molar-refractivity contribution is -0.137. The SMILES string of the molecule is Cn1cnnc1NC(=O)c1ccc(C(F)(F)F)cc1S(C)(=O)=O. The third-order valence-corrected chi connectivity index (χ3v) is 4.03. The maximum Gasteiger partial charge on any atom is 0.416 e. The van der Waals surface area contributed by atoms with E-state index < -0.39 is 37.9 Å². The van der Waals surface area contributed by atoms with Gasteiger partial charge in [0.05, 0.1) is 16.0 Å². The molecule has 7 nitrogen and oxygen atoms in total. The fourth-order valence-corrected chi connectivity index (χ4v) is 2.66. The summed E-state index contributed by atoms with van der Waals surface area (Å²) in [6, 6.07) is 1.88. The van der Waals surface area contributed by atoms with Crippen LogP contribution in [0.1, 0.15) is 15.9 Å². The van der Waals surface area contributed by atoms with E-state index in [9.17, 15) is 26.4 Å². The molecule has 0 saturated heterocycles. The molecular weight excluding hydrogens is 337 g/mol. The zero-order valence-electron chi connectivity index (χ0n) is 11.9. The van der Waals surface area contributed by atoms with Gasteiger partial charge in [0.15, 0.2) is 9.84 Å². The van der Waals surface area contributed by atoms with E-state index in [-0.39, 0.29) is 5.95 Å². The Kier molecular flexibility index (Phi) is 4.16. The van der Waals surface area contributed by atoms with Crippen molar-refractivity contribution >= 4 is 21.7 Å². The van der Waals surface area contributed by atoms with Crippen LogP contribution in [0.2, 0.25) is 0 Å². The van der Waals surface area contributed by atoms with Crippen LogP contribution >= 0.6 is 0 Å². The van der Waals surface area contributed by atoms with Gasteiger partial charge in [0.1, 0.15) is 6.33 Å². The van der Waals surface area contributed by atoms with Crippen molar-refractivity contribution in [2.45, 2.75) is 11.1 Å². The molecule has 0 aliphatic carbocycles. The van der Waals surface area contributed by atoms with Crippen molar-refractivity contribution in [1.29, 1.82) is 0 Å². The van der Waals surface area contributed by atoms with Crippen LogP contribution in [-0.4, -0.2) is 35.3 Å². The van der Waals surface area contributed by atoms with Crippen molar-refractivity contribution in [2.75, 3.05) is 11.6 Å². The van der Waals surface area contributed by atoms with Gasteiger partial charge in [0.25, 0.3) is 5.91 Å². The third kappa shape index (κ3) is 3.67. The number of alkyl halides is 3. The number of nitrogens with one attached hydrogen (secondary N) is 1. The number of carbonyl (C=O) groups is 1. The van der Waals surface area contributed by atoms with Gasteiger partial charge in [-0.25, -0.2) is 8.42 Å². The van der Waals surface area contributed by atoms with Crippen molar-refractivity contribution in [3.05, 3.63) is 35.7 Å². The summed E-state index contributed by atoms with van der Waals surface area (Å²) < 4.78 is 63.0. The average molecular weight is 348 g/mol. The summed E-state index contributed by atoms with van der Waals surface area (Å²) in [6.45, 7) is 0. The lowest BCUT2D eigenvalue weighted by atomic mass is 10.1. The van der Waals surface area contributed by atoms with Gasteiger partial charge < -0.3 is 4.57 Å². The van der Waals surface area contributed by atoms with Gasteiger partial charge in [-0.15, -0.1) is 10.2 Å².